The van der Waals surface area contributed by atoms with Crippen LogP contribution >= 0.6 is 11.8 Å². The number of thioether (sulfide) groups is 1. The summed E-state index contributed by atoms with van der Waals surface area (Å²) in [5, 5.41) is 8.66. The van der Waals surface area contributed by atoms with Gasteiger partial charge in [0.1, 0.15) is 17.1 Å². The molecule has 1 aromatic rings. The third-order valence-electron chi connectivity index (χ3n) is 1.74. The fourth-order valence-corrected chi connectivity index (χ4v) is 1.55. The zero-order valence-electron chi connectivity index (χ0n) is 8.48. The van der Waals surface area contributed by atoms with E-state index >= 15 is 0 Å². The van der Waals surface area contributed by atoms with Gasteiger partial charge in [0.05, 0.1) is 5.75 Å². The molecule has 0 bridgehead atoms. The van der Waals surface area contributed by atoms with E-state index in [1.807, 2.05) is 6.92 Å². The molecule has 0 amide bonds. The van der Waals surface area contributed by atoms with Crippen molar-refractivity contribution in [1.29, 1.82) is 0 Å². The number of alkyl halides is 2. The summed E-state index contributed by atoms with van der Waals surface area (Å²) in [7, 11) is 0. The molecule has 16 heavy (non-hydrogen) atoms. The molecule has 4 nitrogen and oxygen atoms in total. The van der Waals surface area contributed by atoms with Crippen molar-refractivity contribution < 1.29 is 18.7 Å². The summed E-state index contributed by atoms with van der Waals surface area (Å²) >= 11 is 1.48. The molecule has 0 fully saturated rings. The van der Waals surface area contributed by atoms with E-state index in [2.05, 4.69) is 9.97 Å². The number of carboxylic acids is 1. The average molecular weight is 248 g/mol. The van der Waals surface area contributed by atoms with Gasteiger partial charge in [0.2, 0.25) is 0 Å². The highest BCUT2D eigenvalue weighted by Gasteiger charge is 2.20. The van der Waals surface area contributed by atoms with Gasteiger partial charge in [0.15, 0.2) is 0 Å². The molecular formula is C9H10F2N2O2S. The van der Waals surface area contributed by atoms with Crippen LogP contribution in [0.4, 0.5) is 8.78 Å². The van der Waals surface area contributed by atoms with Crippen molar-refractivity contribution in [1.82, 2.24) is 9.97 Å². The predicted molar refractivity (Wildman–Crippen MR) is 55.8 cm³/mol. The van der Waals surface area contributed by atoms with E-state index in [1.54, 1.807) is 0 Å². The number of nitrogens with zero attached hydrogens (tertiary/aromatic N) is 2. The Kier molecular flexibility index (Phi) is 4.60. The normalized spacial score (nSPS) is 10.8. The molecule has 1 aromatic heterocycles. The van der Waals surface area contributed by atoms with Crippen LogP contribution in [0.1, 0.15) is 35.2 Å². The zero-order chi connectivity index (χ0) is 12.1. The molecule has 0 aromatic carbocycles. The van der Waals surface area contributed by atoms with Gasteiger partial charge in [-0.05, 0) is 5.75 Å². The second-order valence-electron chi connectivity index (χ2n) is 2.83. The van der Waals surface area contributed by atoms with Gasteiger partial charge in [-0.25, -0.2) is 23.5 Å². The second-order valence-corrected chi connectivity index (χ2v) is 4.10. The van der Waals surface area contributed by atoms with Crippen LogP contribution in [-0.4, -0.2) is 26.8 Å². The summed E-state index contributed by atoms with van der Waals surface area (Å²) in [5.41, 5.74) is -1.26. The topological polar surface area (TPSA) is 63.1 Å². The Morgan fingerprint density at radius 3 is 2.81 bits per heavy atom. The van der Waals surface area contributed by atoms with Crippen LogP contribution in [0.5, 0.6) is 0 Å². The largest absolute Gasteiger partial charge is 0.478 e. The quantitative estimate of drug-likeness (QED) is 0.866. The lowest BCUT2D eigenvalue weighted by Crippen LogP contribution is -2.09. The maximum atomic E-state index is 12.5. The molecule has 0 aliphatic heterocycles. The van der Waals surface area contributed by atoms with Crippen LogP contribution in [0.25, 0.3) is 0 Å². The molecule has 0 radical (unpaired) electrons. The van der Waals surface area contributed by atoms with Crippen LogP contribution in [0, 0.1) is 0 Å². The SMILES string of the molecule is CCSCc1ncc(C(=O)O)c(C(F)F)n1. The lowest BCUT2D eigenvalue weighted by molar-refractivity contribution is 0.0681. The van der Waals surface area contributed by atoms with E-state index in [0.29, 0.717) is 5.75 Å². The highest BCUT2D eigenvalue weighted by molar-refractivity contribution is 7.98. The van der Waals surface area contributed by atoms with Crippen molar-refractivity contribution in [2.45, 2.75) is 19.1 Å². The van der Waals surface area contributed by atoms with Crippen molar-refractivity contribution in [3.63, 3.8) is 0 Å². The first-order valence-corrected chi connectivity index (χ1v) is 5.66. The third-order valence-corrected chi connectivity index (χ3v) is 2.61. The van der Waals surface area contributed by atoms with Crippen LogP contribution in [0.3, 0.4) is 0 Å². The summed E-state index contributed by atoms with van der Waals surface area (Å²) in [5.74, 6) is 0.00150. The molecule has 0 saturated carbocycles. The maximum Gasteiger partial charge on any atom is 0.339 e. The molecule has 1 heterocycles. The molecule has 0 aliphatic rings. The van der Waals surface area contributed by atoms with Crippen molar-refractivity contribution in [3.8, 4) is 0 Å². The van der Waals surface area contributed by atoms with Gasteiger partial charge in [-0.2, -0.15) is 11.8 Å². The van der Waals surface area contributed by atoms with Crippen molar-refractivity contribution in [2.75, 3.05) is 5.75 Å². The van der Waals surface area contributed by atoms with Gasteiger partial charge < -0.3 is 5.11 Å². The minimum absolute atomic E-state index is 0.229. The molecule has 88 valence electrons. The van der Waals surface area contributed by atoms with Gasteiger partial charge in [-0.3, -0.25) is 0 Å². The Hall–Kier alpha value is -1.24. The highest BCUT2D eigenvalue weighted by atomic mass is 32.2. The van der Waals surface area contributed by atoms with Gasteiger partial charge in [0, 0.05) is 6.20 Å². The van der Waals surface area contributed by atoms with E-state index in [-0.39, 0.29) is 5.82 Å². The molecule has 1 rings (SSSR count). The average Bonchev–Trinajstić information content (AvgIpc) is 2.25. The summed E-state index contributed by atoms with van der Waals surface area (Å²) < 4.78 is 25.1. The Balaban J connectivity index is 3.02. The number of carbonyl (C=O) groups is 1. The standard InChI is InChI=1S/C9H10F2N2O2S/c1-2-16-4-6-12-3-5(9(14)15)7(13-6)8(10)11/h3,8H,2,4H2,1H3,(H,14,15). The summed E-state index contributed by atoms with van der Waals surface area (Å²) in [4.78, 5) is 17.9. The number of carboxylic acid groups (broad SMARTS) is 1. The van der Waals surface area contributed by atoms with Gasteiger partial charge in [-0.15, -0.1) is 0 Å². The minimum Gasteiger partial charge on any atom is -0.478 e. The van der Waals surface area contributed by atoms with Crippen LogP contribution in [-0.2, 0) is 5.75 Å². The van der Waals surface area contributed by atoms with Crippen LogP contribution < -0.4 is 0 Å². The Morgan fingerprint density at radius 1 is 1.62 bits per heavy atom. The highest BCUT2D eigenvalue weighted by Crippen LogP contribution is 2.21. The molecule has 7 heteroatoms. The first kappa shape index (κ1) is 12.8. The maximum absolute atomic E-state index is 12.5. The monoisotopic (exact) mass is 248 g/mol. The summed E-state index contributed by atoms with van der Waals surface area (Å²) in [6, 6.07) is 0. The van der Waals surface area contributed by atoms with E-state index in [9.17, 15) is 13.6 Å². The van der Waals surface area contributed by atoms with Crippen molar-refractivity contribution in [2.24, 2.45) is 0 Å². The van der Waals surface area contributed by atoms with Crippen LogP contribution in [0.15, 0.2) is 6.20 Å². The number of halogens is 2. The first-order chi connectivity index (χ1) is 7.56. The lowest BCUT2D eigenvalue weighted by Gasteiger charge is -2.05. The molecule has 0 aliphatic carbocycles. The number of hydrogen-bond donors (Lipinski definition) is 1. The second kappa shape index (κ2) is 5.74. The van der Waals surface area contributed by atoms with Crippen LogP contribution in [0.2, 0.25) is 0 Å². The Morgan fingerprint density at radius 2 is 2.31 bits per heavy atom. The number of aromatic nitrogens is 2. The van der Waals surface area contributed by atoms with Crippen molar-refractivity contribution in [3.05, 3.63) is 23.3 Å². The van der Waals surface area contributed by atoms with E-state index in [1.165, 1.54) is 11.8 Å². The molecule has 0 saturated heterocycles. The van der Waals surface area contributed by atoms with Gasteiger partial charge in [-0.1, -0.05) is 6.92 Å². The fraction of sp³-hybridized carbons (Fsp3) is 0.444. The number of hydrogen-bond acceptors (Lipinski definition) is 4. The van der Waals surface area contributed by atoms with Gasteiger partial charge in [0.25, 0.3) is 6.43 Å². The van der Waals surface area contributed by atoms with E-state index in [4.69, 9.17) is 5.11 Å². The lowest BCUT2D eigenvalue weighted by atomic mass is 10.2. The van der Waals surface area contributed by atoms with E-state index < -0.39 is 23.7 Å². The molecular weight excluding hydrogens is 238 g/mol. The third kappa shape index (κ3) is 3.13. The van der Waals surface area contributed by atoms with Crippen molar-refractivity contribution >= 4 is 17.7 Å². The number of aromatic carboxylic acids is 1. The predicted octanol–water partition coefficient (Wildman–Crippen LogP) is 2.37. The summed E-state index contributed by atoms with van der Waals surface area (Å²) in [6.45, 7) is 1.92. The molecule has 0 atom stereocenters. The molecule has 0 spiro atoms. The summed E-state index contributed by atoms with van der Waals surface area (Å²) in [6.07, 6.45) is -1.97. The van der Waals surface area contributed by atoms with E-state index in [0.717, 1.165) is 11.9 Å². The number of rotatable bonds is 5. The Labute approximate surface area is 95.1 Å². The zero-order valence-corrected chi connectivity index (χ0v) is 9.30. The smallest absolute Gasteiger partial charge is 0.339 e. The fourth-order valence-electron chi connectivity index (χ4n) is 1.03. The molecule has 1 N–H and O–H groups in total. The molecule has 0 unspecified atom stereocenters. The first-order valence-electron chi connectivity index (χ1n) is 4.51. The Bertz CT molecular complexity index is 388. The minimum atomic E-state index is -2.90. The van der Waals surface area contributed by atoms with Gasteiger partial charge >= 0.3 is 5.97 Å².